The van der Waals surface area contributed by atoms with Crippen LogP contribution < -0.4 is 28.3 Å². The highest BCUT2D eigenvalue weighted by atomic mass is 31.2. The van der Waals surface area contributed by atoms with E-state index in [1.807, 2.05) is 123 Å². The van der Waals surface area contributed by atoms with E-state index >= 15 is 0 Å². The summed E-state index contributed by atoms with van der Waals surface area (Å²) in [6, 6.07) is 40.0. The molecule has 0 unspecified atom stereocenters. The second-order valence-electron chi connectivity index (χ2n) is 15.4. The number of anilines is 2. The summed E-state index contributed by atoms with van der Waals surface area (Å²) < 4.78 is 35.8. The first-order valence-corrected chi connectivity index (χ1v) is 23.2. The van der Waals surface area contributed by atoms with Crippen LogP contribution in [0.1, 0.15) is 81.8 Å². The quantitative estimate of drug-likeness (QED) is 0.0344. The first-order chi connectivity index (χ1) is 31.3. The first-order valence-electron chi connectivity index (χ1n) is 21.7. The summed E-state index contributed by atoms with van der Waals surface area (Å²) in [6.07, 6.45) is 3.69. The van der Waals surface area contributed by atoms with Crippen molar-refractivity contribution in [2.45, 2.75) is 41.5 Å². The van der Waals surface area contributed by atoms with Crippen LogP contribution in [-0.2, 0) is 4.57 Å². The van der Waals surface area contributed by atoms with Gasteiger partial charge in [0.15, 0.2) is 11.6 Å². The molecule has 0 heterocycles. The zero-order valence-corrected chi connectivity index (χ0v) is 39.2. The Morgan fingerprint density at radius 1 is 0.523 bits per heavy atom. The average molecular weight is 893 g/mol. The molecule has 0 radical (unpaired) electrons. The number of ether oxygens (including phenoxy) is 2. The Hall–Kier alpha value is -6.87. The summed E-state index contributed by atoms with van der Waals surface area (Å²) in [5, 5.41) is 0. The van der Waals surface area contributed by atoms with Gasteiger partial charge in [0.25, 0.3) is 0 Å². The van der Waals surface area contributed by atoms with Crippen LogP contribution in [0.4, 0.5) is 11.4 Å². The largest absolute Gasteiger partial charge is 0.584 e. The Morgan fingerprint density at radius 2 is 0.862 bits per heavy atom. The Balaban J connectivity index is 1.24. The number of phosphoric ester groups is 1. The zero-order chi connectivity index (χ0) is 46.7. The number of hydrogen-bond acceptors (Lipinski definition) is 9. The van der Waals surface area contributed by atoms with Crippen LogP contribution in [0.15, 0.2) is 133 Å². The Bertz CT molecular complexity index is 2520. The number of hydrogen-bond donors (Lipinski definition) is 1. The summed E-state index contributed by atoms with van der Waals surface area (Å²) in [5.41, 5.74) is 8.72. The van der Waals surface area contributed by atoms with Crippen molar-refractivity contribution in [3.8, 4) is 23.0 Å². The fraction of sp³-hybridized carbons (Fsp3) is 0.222. The maximum atomic E-state index is 14.4. The number of carbonyl (C=O) groups is 2. The Kier molecular flexibility index (Phi) is 15.9. The van der Waals surface area contributed by atoms with Gasteiger partial charge in [-0.3, -0.25) is 14.5 Å². The highest BCUT2D eigenvalue weighted by molar-refractivity contribution is 7.48. The van der Waals surface area contributed by atoms with Gasteiger partial charge in [-0.25, -0.2) is 4.57 Å². The molecule has 11 heteroatoms. The minimum absolute atomic E-state index is 0.0751. The smallest absolute Gasteiger partial charge is 0.496 e. The first kappa shape index (κ1) is 47.6. The molecule has 1 N–H and O–H groups in total. The van der Waals surface area contributed by atoms with Crippen molar-refractivity contribution in [1.82, 2.24) is 0 Å². The van der Waals surface area contributed by atoms with Crippen molar-refractivity contribution in [1.29, 1.82) is 0 Å². The molecule has 6 rings (SSSR count). The lowest BCUT2D eigenvalue weighted by Gasteiger charge is -2.21. The number of phosphoric acid groups is 1. The fourth-order valence-corrected chi connectivity index (χ4v) is 8.30. The molecule has 6 aromatic carbocycles. The van der Waals surface area contributed by atoms with E-state index in [9.17, 15) is 19.0 Å². The lowest BCUT2D eigenvalue weighted by atomic mass is 9.93. The number of carbonyl (C=O) groups excluding carboxylic acids is 2. The van der Waals surface area contributed by atoms with Crippen LogP contribution in [0.2, 0.25) is 0 Å². The molecule has 0 saturated carbocycles. The van der Waals surface area contributed by atoms with Gasteiger partial charge >= 0.3 is 7.82 Å². The number of ketones is 2. The lowest BCUT2D eigenvalue weighted by Crippen LogP contribution is -2.21. The highest BCUT2D eigenvalue weighted by Gasteiger charge is 2.28. The summed E-state index contributed by atoms with van der Waals surface area (Å²) in [4.78, 5) is 44.2. The third-order valence-corrected chi connectivity index (χ3v) is 12.0. The lowest BCUT2D eigenvalue weighted by molar-refractivity contribution is 0.104. The van der Waals surface area contributed by atoms with E-state index in [0.717, 1.165) is 70.9 Å². The van der Waals surface area contributed by atoms with Gasteiger partial charge in [-0.1, -0.05) is 83.9 Å². The van der Waals surface area contributed by atoms with E-state index in [4.69, 9.17) is 18.5 Å². The van der Waals surface area contributed by atoms with Crippen LogP contribution in [0.3, 0.4) is 0 Å². The van der Waals surface area contributed by atoms with Crippen molar-refractivity contribution in [2.75, 3.05) is 50.2 Å². The maximum absolute atomic E-state index is 14.4. The molecule has 0 atom stereocenters. The second kappa shape index (κ2) is 21.7. The van der Waals surface area contributed by atoms with E-state index in [1.54, 1.807) is 0 Å². The molecule has 0 aromatic heterocycles. The summed E-state index contributed by atoms with van der Waals surface area (Å²) in [6.45, 7) is 15.9. The van der Waals surface area contributed by atoms with E-state index in [1.165, 1.54) is 50.6 Å². The van der Waals surface area contributed by atoms with Gasteiger partial charge < -0.3 is 28.3 Å². The van der Waals surface area contributed by atoms with Crippen LogP contribution >= 0.6 is 7.82 Å². The normalized spacial score (nSPS) is 12.5. The van der Waals surface area contributed by atoms with E-state index in [2.05, 4.69) is 37.5 Å². The number of methoxy groups -OCH3 is 2. The number of aryl methyl sites for hydroxylation is 2. The van der Waals surface area contributed by atoms with Gasteiger partial charge in [0.1, 0.15) is 23.0 Å². The number of allylic oxidation sites excluding steroid dienone is 2. The minimum atomic E-state index is -4.85. The molecule has 0 spiro atoms. The van der Waals surface area contributed by atoms with Gasteiger partial charge in [0.05, 0.1) is 25.3 Å². The monoisotopic (exact) mass is 892 g/mol. The molecular formula is C54H57N2O8P. The average Bonchev–Trinajstić information content (AvgIpc) is 3.31. The van der Waals surface area contributed by atoms with Crippen LogP contribution in [-0.4, -0.2) is 56.9 Å². The zero-order valence-electron chi connectivity index (χ0n) is 38.3. The van der Waals surface area contributed by atoms with Crippen molar-refractivity contribution in [3.05, 3.63) is 178 Å². The van der Waals surface area contributed by atoms with Crippen molar-refractivity contribution < 1.29 is 37.6 Å². The number of benzene rings is 6. The van der Waals surface area contributed by atoms with Crippen LogP contribution in [0.25, 0.3) is 23.3 Å². The highest BCUT2D eigenvalue weighted by Crippen LogP contribution is 2.46. The topological polar surface area (TPSA) is 115 Å². The molecule has 10 nitrogen and oxygen atoms in total. The van der Waals surface area contributed by atoms with Gasteiger partial charge in [-0.15, -0.1) is 0 Å². The molecule has 336 valence electrons. The van der Waals surface area contributed by atoms with Crippen molar-refractivity contribution >= 4 is 54.1 Å². The van der Waals surface area contributed by atoms with Crippen LogP contribution in [0, 0.1) is 13.8 Å². The number of Topliss-reactive ketones (excluding diaryl/α,β-unsaturated/α-hetero) is 2. The molecule has 0 amide bonds. The van der Waals surface area contributed by atoms with Crippen molar-refractivity contribution in [3.63, 3.8) is 0 Å². The van der Waals surface area contributed by atoms with E-state index < -0.39 is 7.82 Å². The molecule has 0 aliphatic carbocycles. The fourth-order valence-electron chi connectivity index (χ4n) is 7.51. The minimum Gasteiger partial charge on any atom is -0.496 e. The molecule has 65 heavy (non-hydrogen) atoms. The predicted molar refractivity (Wildman–Crippen MR) is 264 cm³/mol. The maximum Gasteiger partial charge on any atom is 0.584 e. The van der Waals surface area contributed by atoms with Gasteiger partial charge in [0.2, 0.25) is 0 Å². The second-order valence-corrected chi connectivity index (χ2v) is 16.7. The molecule has 0 aliphatic heterocycles. The van der Waals surface area contributed by atoms with Gasteiger partial charge in [-0.05, 0) is 124 Å². The SMILES string of the molecule is CCN(CC)c1ccc(C=C(C(=O)c2ccc(OP(=O)(O)Oc3ccc(C(=O)C(=Cc4ccc(N(CC)CC)cc4)c4ccc(C)cc4)c(OC)c3)cc2OC)c2ccc(C)cc2)cc1. The predicted octanol–water partition coefficient (Wildman–Crippen LogP) is 12.4. The third-order valence-electron chi connectivity index (χ3n) is 11.2. The Labute approximate surface area is 383 Å². The van der Waals surface area contributed by atoms with Crippen molar-refractivity contribution in [2.24, 2.45) is 0 Å². The molecule has 0 saturated heterocycles. The molecule has 6 aromatic rings. The number of rotatable bonds is 20. The van der Waals surface area contributed by atoms with Gasteiger partial charge in [0, 0.05) is 60.8 Å². The van der Waals surface area contributed by atoms with E-state index in [-0.39, 0.29) is 45.7 Å². The number of nitrogens with zero attached hydrogens (tertiary/aromatic N) is 2. The molecule has 0 bridgehead atoms. The van der Waals surface area contributed by atoms with Gasteiger partial charge in [-0.2, -0.15) is 0 Å². The standard InChI is InChI=1S/C54H57N2O8P/c1-9-55(10-2)43-25-17-39(18-26-43)33-49(41-21-13-37(5)14-22-41)53(57)47-31-29-45(35-51(47)61-7)63-65(59,60)64-46-30-32-48(52(36-46)62-8)54(58)50(42-23-15-38(6)16-24-42)34-40-19-27-44(28-20-40)56(11-3)12-4/h13-36H,9-12H2,1-8H3,(H,59,60). The summed E-state index contributed by atoms with van der Waals surface area (Å²) in [7, 11) is -2.04. The molecule has 0 fully saturated rings. The summed E-state index contributed by atoms with van der Waals surface area (Å²) >= 11 is 0. The third kappa shape index (κ3) is 11.8. The van der Waals surface area contributed by atoms with E-state index in [0.29, 0.717) is 11.1 Å². The Morgan fingerprint density at radius 3 is 1.17 bits per heavy atom. The summed E-state index contributed by atoms with van der Waals surface area (Å²) in [5.74, 6) is -0.524. The molecular weight excluding hydrogens is 836 g/mol. The molecule has 0 aliphatic rings. The van der Waals surface area contributed by atoms with Crippen LogP contribution in [0.5, 0.6) is 23.0 Å².